The topological polar surface area (TPSA) is 112 Å². The van der Waals surface area contributed by atoms with Crippen LogP contribution in [-0.4, -0.2) is 49.8 Å². The van der Waals surface area contributed by atoms with Gasteiger partial charge in [-0.3, -0.25) is 14.2 Å². The summed E-state index contributed by atoms with van der Waals surface area (Å²) in [5.41, 5.74) is 1.43. The maximum absolute atomic E-state index is 13.1. The van der Waals surface area contributed by atoms with Crippen molar-refractivity contribution in [3.05, 3.63) is 23.7 Å². The number of rotatable bonds is 6. The van der Waals surface area contributed by atoms with Crippen LogP contribution >= 0.6 is 0 Å². The zero-order valence-electron chi connectivity index (χ0n) is 19.2. The third kappa shape index (κ3) is 5.23. The first-order valence-electron chi connectivity index (χ1n) is 11.2. The third-order valence-electron chi connectivity index (χ3n) is 5.73. The highest BCUT2D eigenvalue weighted by molar-refractivity contribution is 6.05. The van der Waals surface area contributed by atoms with Gasteiger partial charge in [0.15, 0.2) is 0 Å². The number of alkyl carbamates (subject to hydrolysis) is 1. The number of anilines is 1. The molecule has 1 atom stereocenters. The quantitative estimate of drug-likeness (QED) is 0.709. The van der Waals surface area contributed by atoms with Crippen LogP contribution in [0.1, 0.15) is 62.5 Å². The van der Waals surface area contributed by atoms with E-state index >= 15 is 0 Å². The van der Waals surface area contributed by atoms with Gasteiger partial charge in [-0.1, -0.05) is 0 Å². The number of nitrogens with zero attached hydrogens (tertiary/aromatic N) is 4. The van der Waals surface area contributed by atoms with Crippen molar-refractivity contribution in [3.63, 3.8) is 0 Å². The van der Waals surface area contributed by atoms with Crippen LogP contribution in [0.4, 0.5) is 10.5 Å². The number of amides is 2. The number of ether oxygens (including phenoxy) is 2. The van der Waals surface area contributed by atoms with Crippen molar-refractivity contribution in [2.75, 3.05) is 11.9 Å². The second-order valence-corrected chi connectivity index (χ2v) is 9.62. The predicted octanol–water partition coefficient (Wildman–Crippen LogP) is 2.89. The Labute approximate surface area is 187 Å². The van der Waals surface area contributed by atoms with Gasteiger partial charge in [0.2, 0.25) is 0 Å². The summed E-state index contributed by atoms with van der Waals surface area (Å²) < 4.78 is 14.7. The highest BCUT2D eigenvalue weighted by Crippen LogP contribution is 2.30. The monoisotopic (exact) mass is 444 g/mol. The van der Waals surface area contributed by atoms with Gasteiger partial charge in [-0.25, -0.2) is 4.79 Å². The van der Waals surface area contributed by atoms with Crippen LogP contribution in [0.15, 0.2) is 12.4 Å². The molecule has 1 saturated carbocycles. The number of nitrogens with one attached hydrogen (secondary N) is 2. The van der Waals surface area contributed by atoms with Crippen LogP contribution in [0, 0.1) is 5.92 Å². The summed E-state index contributed by atoms with van der Waals surface area (Å²) >= 11 is 0. The normalized spacial score (nSPS) is 18.4. The average Bonchev–Trinajstić information content (AvgIpc) is 3.24. The minimum absolute atomic E-state index is 0.169. The highest BCUT2D eigenvalue weighted by atomic mass is 16.6. The van der Waals surface area contributed by atoms with E-state index in [2.05, 4.69) is 20.8 Å². The number of carbonyl (C=O) groups is 2. The number of hydrogen-bond donors (Lipinski definition) is 2. The molecule has 32 heavy (non-hydrogen) atoms. The van der Waals surface area contributed by atoms with Crippen molar-refractivity contribution in [2.45, 2.75) is 71.1 Å². The maximum Gasteiger partial charge on any atom is 0.407 e. The molecule has 2 aliphatic rings. The van der Waals surface area contributed by atoms with E-state index in [0.29, 0.717) is 36.6 Å². The molecule has 174 valence electrons. The fourth-order valence-electron chi connectivity index (χ4n) is 3.88. The first kappa shape index (κ1) is 22.2. The average molecular weight is 445 g/mol. The van der Waals surface area contributed by atoms with Gasteiger partial charge in [0, 0.05) is 20.1 Å². The highest BCUT2D eigenvalue weighted by Gasteiger charge is 2.28. The van der Waals surface area contributed by atoms with Gasteiger partial charge in [-0.15, -0.1) is 5.10 Å². The van der Waals surface area contributed by atoms with Crippen molar-refractivity contribution < 1.29 is 19.1 Å². The first-order chi connectivity index (χ1) is 15.2. The predicted molar refractivity (Wildman–Crippen MR) is 118 cm³/mol. The van der Waals surface area contributed by atoms with E-state index in [0.717, 1.165) is 31.4 Å². The lowest BCUT2D eigenvalue weighted by Crippen LogP contribution is -2.37. The lowest BCUT2D eigenvalue weighted by atomic mass is 9.94. The van der Waals surface area contributed by atoms with E-state index in [4.69, 9.17) is 9.47 Å². The van der Waals surface area contributed by atoms with Crippen molar-refractivity contribution in [1.29, 1.82) is 0 Å². The van der Waals surface area contributed by atoms with Gasteiger partial charge < -0.3 is 20.1 Å². The van der Waals surface area contributed by atoms with Gasteiger partial charge in [-0.2, -0.15) is 5.10 Å². The molecule has 2 amide bonds. The van der Waals surface area contributed by atoms with E-state index in [-0.39, 0.29) is 17.9 Å². The van der Waals surface area contributed by atoms with Crippen LogP contribution in [0.5, 0.6) is 5.88 Å². The van der Waals surface area contributed by atoms with Gasteiger partial charge >= 0.3 is 6.09 Å². The summed E-state index contributed by atoms with van der Waals surface area (Å²) in [5, 5.41) is 14.5. The molecule has 10 nitrogen and oxygen atoms in total. The smallest absolute Gasteiger partial charge is 0.407 e. The molecule has 2 aromatic rings. The van der Waals surface area contributed by atoms with Crippen LogP contribution in [-0.2, 0) is 24.8 Å². The molecule has 3 heterocycles. The molecule has 0 aromatic carbocycles. The Morgan fingerprint density at radius 2 is 2.03 bits per heavy atom. The van der Waals surface area contributed by atoms with Crippen LogP contribution in [0.2, 0.25) is 0 Å². The molecule has 4 rings (SSSR count). The van der Waals surface area contributed by atoms with E-state index in [1.54, 1.807) is 24.1 Å². The van der Waals surface area contributed by atoms with Gasteiger partial charge in [0.05, 0.1) is 23.7 Å². The molecule has 1 unspecified atom stereocenters. The second-order valence-electron chi connectivity index (χ2n) is 9.62. The number of aryl methyl sites for hydroxylation is 2. The van der Waals surface area contributed by atoms with Crippen LogP contribution in [0.3, 0.4) is 0 Å². The molecule has 2 N–H and O–H groups in total. The molecule has 1 aliphatic heterocycles. The Morgan fingerprint density at radius 3 is 2.72 bits per heavy atom. The number of fused-ring (bicyclic) bond motifs is 1. The van der Waals surface area contributed by atoms with Crippen molar-refractivity contribution in [3.8, 4) is 5.88 Å². The zero-order chi connectivity index (χ0) is 22.9. The molecule has 1 fully saturated rings. The summed E-state index contributed by atoms with van der Waals surface area (Å²) in [6, 6.07) is 0. The lowest BCUT2D eigenvalue weighted by molar-refractivity contribution is 0.0516. The van der Waals surface area contributed by atoms with E-state index in [1.807, 2.05) is 25.5 Å². The molecular weight excluding hydrogens is 412 g/mol. The van der Waals surface area contributed by atoms with E-state index < -0.39 is 11.7 Å². The molecule has 0 saturated heterocycles. The number of hydrogen-bond acceptors (Lipinski definition) is 6. The van der Waals surface area contributed by atoms with E-state index in [1.165, 1.54) is 0 Å². The van der Waals surface area contributed by atoms with Crippen LogP contribution < -0.4 is 15.4 Å². The Kier molecular flexibility index (Phi) is 6.12. The molecule has 0 spiro atoms. The van der Waals surface area contributed by atoms with Gasteiger partial charge in [0.25, 0.3) is 11.8 Å². The molecule has 0 bridgehead atoms. The van der Waals surface area contributed by atoms with Gasteiger partial charge in [0.1, 0.15) is 17.4 Å². The Morgan fingerprint density at radius 1 is 1.25 bits per heavy atom. The van der Waals surface area contributed by atoms with Crippen molar-refractivity contribution in [2.24, 2.45) is 13.0 Å². The van der Waals surface area contributed by atoms with Crippen molar-refractivity contribution >= 4 is 17.7 Å². The molecule has 2 aromatic heterocycles. The summed E-state index contributed by atoms with van der Waals surface area (Å²) in [4.78, 5) is 25.0. The summed E-state index contributed by atoms with van der Waals surface area (Å²) in [6.07, 6.45) is 7.80. The molecule has 10 heteroatoms. The first-order valence-corrected chi connectivity index (χ1v) is 11.2. The third-order valence-corrected chi connectivity index (χ3v) is 5.73. The van der Waals surface area contributed by atoms with E-state index in [9.17, 15) is 9.59 Å². The Hall–Kier alpha value is -3.04. The minimum Gasteiger partial charge on any atom is -0.472 e. The van der Waals surface area contributed by atoms with Crippen molar-refractivity contribution in [1.82, 2.24) is 24.9 Å². The largest absolute Gasteiger partial charge is 0.472 e. The summed E-state index contributed by atoms with van der Waals surface area (Å²) in [7, 11) is 1.80. The van der Waals surface area contributed by atoms with Crippen LogP contribution in [0.25, 0.3) is 0 Å². The minimum atomic E-state index is -0.534. The summed E-state index contributed by atoms with van der Waals surface area (Å²) in [6.45, 7) is 6.69. The lowest BCUT2D eigenvalue weighted by Gasteiger charge is -2.26. The molecule has 1 aliphatic carbocycles. The second kappa shape index (κ2) is 8.84. The Balaban J connectivity index is 1.39. The number of carbonyl (C=O) groups excluding carboxylic acids is 2. The fraction of sp³-hybridized carbons (Fsp3) is 0.636. The fourth-order valence-corrected chi connectivity index (χ4v) is 3.88. The zero-order valence-corrected chi connectivity index (χ0v) is 19.2. The maximum atomic E-state index is 13.1. The van der Waals surface area contributed by atoms with Gasteiger partial charge in [-0.05, 0) is 58.8 Å². The Bertz CT molecular complexity index is 985. The standard InChI is InChI=1S/C22H32N6O4/c1-22(2,3)32-21(30)23-11-14-8-9-28-18(10-14)16(12-24-28)19(29)25-17-13-27(4)26-20(17)31-15-6-5-7-15/h12-15H,5-11H2,1-4H3,(H,23,30)(H,25,29). The summed E-state index contributed by atoms with van der Waals surface area (Å²) in [5.74, 6) is 0.415. The SMILES string of the molecule is Cn1cc(NC(=O)c2cnn3c2CC(CNC(=O)OC(C)(C)C)CC3)c(OC2CCC2)n1. The number of aromatic nitrogens is 4. The molecular formula is C22H32N6O4. The molecule has 0 radical (unpaired) electrons.